The van der Waals surface area contributed by atoms with E-state index in [4.69, 9.17) is 9.47 Å². The Morgan fingerprint density at radius 3 is 1.43 bits per heavy atom. The number of benzene rings is 3. The lowest BCUT2D eigenvalue weighted by Gasteiger charge is -2.39. The molecule has 0 N–H and O–H groups in total. The van der Waals surface area contributed by atoms with Gasteiger partial charge in [-0.15, -0.1) is 0 Å². The second-order valence-corrected chi connectivity index (χ2v) is 15.1. The van der Waals surface area contributed by atoms with Crippen LogP contribution in [0.25, 0.3) is 0 Å². The summed E-state index contributed by atoms with van der Waals surface area (Å²) < 4.78 is 19.9. The molecule has 5 heteroatoms. The van der Waals surface area contributed by atoms with E-state index in [1.807, 2.05) is 0 Å². The molecule has 1 spiro atoms. The summed E-state index contributed by atoms with van der Waals surface area (Å²) in [6, 6.07) is 16.8. The number of ether oxygens (including phenoxy) is 2. The molecule has 0 saturated carbocycles. The summed E-state index contributed by atoms with van der Waals surface area (Å²) in [5.74, 6) is 1.82. The van der Waals surface area contributed by atoms with Gasteiger partial charge in [-0.2, -0.15) is 0 Å². The van der Waals surface area contributed by atoms with Gasteiger partial charge in [0.25, 0.3) is 11.4 Å². The topological polar surface area (TPSA) is 24.5 Å². The van der Waals surface area contributed by atoms with E-state index in [9.17, 15) is 0 Å². The third kappa shape index (κ3) is 7.24. The smallest absolute Gasteiger partial charge is 0.340 e. The number of hydrogen-bond acceptors (Lipinski definition) is 2. The van der Waals surface area contributed by atoms with Gasteiger partial charge in [-0.1, -0.05) is 84.1 Å². The Bertz CT molecular complexity index is 1670. The highest BCUT2D eigenvalue weighted by Gasteiger charge is 2.72. The molecular formula is C44H62N3O2+3. The first-order valence-electron chi connectivity index (χ1n) is 19.7. The van der Waals surface area contributed by atoms with Gasteiger partial charge in [-0.25, -0.2) is 0 Å². The molecule has 3 heterocycles. The van der Waals surface area contributed by atoms with Crippen LogP contribution in [0.4, 0.5) is 11.4 Å². The molecule has 0 fully saturated rings. The van der Waals surface area contributed by atoms with Crippen molar-refractivity contribution in [1.29, 1.82) is 0 Å². The zero-order chi connectivity index (χ0) is 34.4. The first-order valence-corrected chi connectivity index (χ1v) is 19.7. The summed E-state index contributed by atoms with van der Waals surface area (Å²) in [7, 11) is 0. The molecule has 3 aromatic rings. The summed E-state index contributed by atoms with van der Waals surface area (Å²) in [6.07, 6.45) is 20.8. The first kappa shape index (κ1) is 35.4. The van der Waals surface area contributed by atoms with Gasteiger partial charge in [0.2, 0.25) is 0 Å². The maximum atomic E-state index is 7.08. The third-order valence-corrected chi connectivity index (χ3v) is 11.1. The predicted octanol–water partition coefficient (Wildman–Crippen LogP) is 10.5. The fourth-order valence-electron chi connectivity index (χ4n) is 8.38. The minimum Gasteiger partial charge on any atom is -0.340 e. The van der Waals surface area contributed by atoms with Gasteiger partial charge in [0.15, 0.2) is 23.9 Å². The van der Waals surface area contributed by atoms with Gasteiger partial charge >= 0.3 is 6.03 Å². The molecule has 5 nitrogen and oxygen atoms in total. The van der Waals surface area contributed by atoms with E-state index in [0.29, 0.717) is 0 Å². The third-order valence-electron chi connectivity index (χ3n) is 11.1. The zero-order valence-corrected chi connectivity index (χ0v) is 31.5. The minimum atomic E-state index is -1.12. The molecule has 0 aromatic heterocycles. The largest absolute Gasteiger partial charge is 0.715 e. The van der Waals surface area contributed by atoms with E-state index in [0.717, 1.165) is 52.4 Å². The summed E-state index contributed by atoms with van der Waals surface area (Å²) in [4.78, 5) is 0. The van der Waals surface area contributed by atoms with Crippen LogP contribution < -0.4 is 9.47 Å². The SMILES string of the molecule is CCCCCc1cc(C)c2c(c1)C=[N+]1c3ccccc3[N+]3=Cc4cc(CCCC[N+](CCCC)(CCCC)CCCC)cc(C)c4OC13O2. The molecule has 0 radical (unpaired) electrons. The number of hydrogen-bond donors (Lipinski definition) is 0. The quantitative estimate of drug-likeness (QED) is 0.0768. The Morgan fingerprint density at radius 2 is 0.980 bits per heavy atom. The van der Waals surface area contributed by atoms with Gasteiger partial charge in [0.05, 0.1) is 37.3 Å². The highest BCUT2D eigenvalue weighted by Crippen LogP contribution is 2.49. The lowest BCUT2D eigenvalue weighted by Crippen LogP contribution is -2.59. The fraction of sp³-hybridized carbons (Fsp3) is 0.545. The summed E-state index contributed by atoms with van der Waals surface area (Å²) in [6.45, 7) is 19.0. The second-order valence-electron chi connectivity index (χ2n) is 15.1. The number of aryl methyl sites for hydroxylation is 4. The lowest BCUT2D eigenvalue weighted by molar-refractivity contribution is -0.929. The van der Waals surface area contributed by atoms with Crippen LogP contribution in [0, 0.1) is 13.8 Å². The molecule has 49 heavy (non-hydrogen) atoms. The minimum absolute atomic E-state index is 0.908. The maximum Gasteiger partial charge on any atom is 0.715 e. The Kier molecular flexibility index (Phi) is 11.3. The number of quaternary nitrogens is 1. The molecule has 0 saturated heterocycles. The van der Waals surface area contributed by atoms with E-state index >= 15 is 0 Å². The molecular weight excluding hydrogens is 603 g/mol. The lowest BCUT2D eigenvalue weighted by atomic mass is 9.99. The number of rotatable bonds is 18. The van der Waals surface area contributed by atoms with Gasteiger partial charge in [0, 0.05) is 12.1 Å². The summed E-state index contributed by atoms with van der Waals surface area (Å²) >= 11 is 0. The second kappa shape index (κ2) is 15.6. The van der Waals surface area contributed by atoms with Gasteiger partial charge in [-0.3, -0.25) is 0 Å². The van der Waals surface area contributed by atoms with Crippen molar-refractivity contribution >= 4 is 23.8 Å². The average molecular weight is 665 g/mol. The number of unbranched alkanes of at least 4 members (excludes halogenated alkanes) is 6. The van der Waals surface area contributed by atoms with E-state index < -0.39 is 6.03 Å². The van der Waals surface area contributed by atoms with Crippen LogP contribution in [-0.2, 0) is 12.8 Å². The van der Waals surface area contributed by atoms with Crippen molar-refractivity contribution in [3.05, 3.63) is 81.9 Å². The highest BCUT2D eigenvalue weighted by atomic mass is 16.7. The molecule has 0 aliphatic carbocycles. The molecule has 0 bridgehead atoms. The van der Waals surface area contributed by atoms with Gasteiger partial charge in [-0.05, 0) is 109 Å². The van der Waals surface area contributed by atoms with Crippen LogP contribution in [0.2, 0.25) is 0 Å². The van der Waals surface area contributed by atoms with Crippen LogP contribution in [-0.4, -0.2) is 58.3 Å². The average Bonchev–Trinajstić information content (AvgIpc) is 3.38. The molecule has 6 rings (SSSR count). The molecule has 262 valence electrons. The Hall–Kier alpha value is -3.44. The molecule has 3 aromatic carbocycles. The summed E-state index contributed by atoms with van der Waals surface area (Å²) in [5, 5.41) is 0. The van der Waals surface area contributed by atoms with E-state index in [2.05, 4.69) is 112 Å². The van der Waals surface area contributed by atoms with Crippen molar-refractivity contribution < 1.29 is 23.1 Å². The molecule has 3 aliphatic rings. The molecule has 3 aliphatic heterocycles. The van der Waals surface area contributed by atoms with Crippen molar-refractivity contribution in [2.75, 3.05) is 26.2 Å². The Morgan fingerprint density at radius 1 is 0.551 bits per heavy atom. The molecule has 0 amide bonds. The van der Waals surface area contributed by atoms with Crippen LogP contribution >= 0.6 is 0 Å². The van der Waals surface area contributed by atoms with Crippen LogP contribution in [0.3, 0.4) is 0 Å². The first-order chi connectivity index (χ1) is 23.9. The van der Waals surface area contributed by atoms with E-state index in [1.54, 1.807) is 0 Å². The standard InChI is InChI=1S/C44H62N3O2/c1-7-11-15-20-36-28-34(5)42-38(30-36)32-45-40-22-16-17-23-41(40)46-33-39-31-37(29-35(6)43(39)49-44(45,46)48-42)21-18-19-27-47(24-12-8-2,25-13-9-3)26-14-10-4/h16-17,22-23,28-33H,7-15,18-21,24-27H2,1-6H3/q+3. The van der Waals surface area contributed by atoms with Crippen molar-refractivity contribution in [3.8, 4) is 11.5 Å². The van der Waals surface area contributed by atoms with Gasteiger partial charge < -0.3 is 14.0 Å². The Balaban J connectivity index is 1.25. The number of para-hydroxylation sites is 2. The predicted molar refractivity (Wildman–Crippen MR) is 204 cm³/mol. The normalized spacial score (nSPS) is 17.2. The fourth-order valence-corrected chi connectivity index (χ4v) is 8.38. The monoisotopic (exact) mass is 664 g/mol. The van der Waals surface area contributed by atoms with Gasteiger partial charge in [0.1, 0.15) is 0 Å². The number of nitrogens with zero attached hydrogens (tertiary/aromatic N) is 3. The Labute approximate surface area is 296 Å². The van der Waals surface area contributed by atoms with Crippen molar-refractivity contribution in [1.82, 2.24) is 0 Å². The highest BCUT2D eigenvalue weighted by molar-refractivity contribution is 5.86. The maximum absolute atomic E-state index is 7.08. The number of fused-ring (bicyclic) bond motifs is 5. The van der Waals surface area contributed by atoms with Crippen LogP contribution in [0.1, 0.15) is 132 Å². The van der Waals surface area contributed by atoms with E-state index in [-0.39, 0.29) is 0 Å². The van der Waals surface area contributed by atoms with Crippen molar-refractivity contribution in [2.45, 2.75) is 131 Å². The summed E-state index contributed by atoms with van der Waals surface area (Å²) in [5.41, 5.74) is 9.56. The van der Waals surface area contributed by atoms with Crippen LogP contribution in [0.5, 0.6) is 11.5 Å². The van der Waals surface area contributed by atoms with Crippen molar-refractivity contribution in [3.63, 3.8) is 0 Å². The van der Waals surface area contributed by atoms with E-state index in [1.165, 1.54) is 118 Å². The zero-order valence-electron chi connectivity index (χ0n) is 31.5. The van der Waals surface area contributed by atoms with Crippen LogP contribution in [0.15, 0.2) is 48.5 Å². The van der Waals surface area contributed by atoms with Crippen molar-refractivity contribution in [2.24, 2.45) is 0 Å². The molecule has 1 atom stereocenters. The molecule has 1 unspecified atom stereocenters.